The Labute approximate surface area is 148 Å². The molecule has 1 saturated heterocycles. The van der Waals surface area contributed by atoms with Crippen LogP contribution in [0.2, 0.25) is 0 Å². The number of nitro benzene ring substituents is 1. The lowest BCUT2D eigenvalue weighted by Gasteiger charge is -2.34. The molecule has 0 spiro atoms. The van der Waals surface area contributed by atoms with Crippen molar-refractivity contribution in [2.75, 3.05) is 13.2 Å². The summed E-state index contributed by atoms with van der Waals surface area (Å²) in [5.74, 6) is 0.234. The van der Waals surface area contributed by atoms with Crippen LogP contribution in [0.25, 0.3) is 6.08 Å². The summed E-state index contributed by atoms with van der Waals surface area (Å²) in [5.41, 5.74) is 0.543. The van der Waals surface area contributed by atoms with E-state index in [1.54, 1.807) is 18.2 Å². The summed E-state index contributed by atoms with van der Waals surface area (Å²) < 4.78 is 5.41. The quantitative estimate of drug-likeness (QED) is 0.421. The maximum atomic E-state index is 12.4. The smallest absolute Gasteiger partial charge is 0.311 e. The molecule has 25 heavy (non-hydrogen) atoms. The number of benzene rings is 1. The highest BCUT2D eigenvalue weighted by Gasteiger charge is 2.23. The molecule has 1 unspecified atom stereocenters. The Bertz CT molecular complexity index is 642. The Morgan fingerprint density at radius 1 is 1.40 bits per heavy atom. The second-order valence-corrected chi connectivity index (χ2v) is 6.26. The van der Waals surface area contributed by atoms with Gasteiger partial charge in [-0.2, -0.15) is 0 Å². The second kappa shape index (κ2) is 9.20. The predicted octanol–water partition coefficient (Wildman–Crippen LogP) is 4.19. The molecule has 6 heteroatoms. The average molecular weight is 346 g/mol. The third-order valence-electron chi connectivity index (χ3n) is 4.44. The molecule has 1 fully saturated rings. The highest BCUT2D eigenvalue weighted by molar-refractivity contribution is 5.92. The average Bonchev–Trinajstić information content (AvgIpc) is 2.64. The summed E-state index contributed by atoms with van der Waals surface area (Å²) in [6.45, 7) is 5.25. The topological polar surface area (TPSA) is 72.7 Å². The molecule has 0 bridgehead atoms. The van der Waals surface area contributed by atoms with Crippen LogP contribution in [0.4, 0.5) is 5.69 Å². The molecule has 1 aromatic carbocycles. The van der Waals surface area contributed by atoms with Crippen molar-refractivity contribution in [2.45, 2.75) is 52.0 Å². The summed E-state index contributed by atoms with van der Waals surface area (Å²) in [5, 5.41) is 11.2. The molecule has 0 N–H and O–H groups in total. The Kier molecular flexibility index (Phi) is 6.98. The maximum Gasteiger partial charge on any atom is 0.311 e. The van der Waals surface area contributed by atoms with Crippen LogP contribution in [0.5, 0.6) is 5.75 Å². The van der Waals surface area contributed by atoms with Gasteiger partial charge in [-0.15, -0.1) is 0 Å². The number of likely N-dealkylation sites (tertiary alicyclic amines) is 1. The van der Waals surface area contributed by atoms with E-state index < -0.39 is 4.92 Å². The van der Waals surface area contributed by atoms with Gasteiger partial charge in [-0.1, -0.05) is 19.9 Å². The molecular formula is C19H26N2O4. The summed E-state index contributed by atoms with van der Waals surface area (Å²) in [4.78, 5) is 25.1. The van der Waals surface area contributed by atoms with Gasteiger partial charge in [0.2, 0.25) is 5.91 Å². The van der Waals surface area contributed by atoms with Gasteiger partial charge in [0.05, 0.1) is 11.5 Å². The van der Waals surface area contributed by atoms with Crippen molar-refractivity contribution in [1.29, 1.82) is 0 Å². The summed E-state index contributed by atoms with van der Waals surface area (Å²) in [7, 11) is 0. The third kappa shape index (κ3) is 5.05. The summed E-state index contributed by atoms with van der Waals surface area (Å²) in [6.07, 6.45) is 8.13. The predicted molar refractivity (Wildman–Crippen MR) is 97.6 cm³/mol. The molecule has 0 aliphatic carbocycles. The van der Waals surface area contributed by atoms with E-state index >= 15 is 0 Å². The number of nitrogens with zero attached hydrogens (tertiary/aromatic N) is 2. The van der Waals surface area contributed by atoms with Crippen LogP contribution in [0.1, 0.15) is 51.5 Å². The molecule has 136 valence electrons. The van der Waals surface area contributed by atoms with E-state index in [0.717, 1.165) is 38.6 Å². The van der Waals surface area contributed by atoms with Crippen molar-refractivity contribution in [2.24, 2.45) is 0 Å². The molecule has 1 amide bonds. The zero-order valence-electron chi connectivity index (χ0n) is 14.9. The number of carbonyl (C=O) groups is 1. The number of carbonyl (C=O) groups excluding carboxylic acids is 1. The highest BCUT2D eigenvalue weighted by atomic mass is 16.6. The van der Waals surface area contributed by atoms with Gasteiger partial charge < -0.3 is 9.64 Å². The first kappa shape index (κ1) is 19.0. The molecule has 0 saturated carbocycles. The number of piperidine rings is 1. The number of ether oxygens (including phenoxy) is 1. The molecule has 1 aliphatic heterocycles. The van der Waals surface area contributed by atoms with E-state index in [1.165, 1.54) is 12.1 Å². The van der Waals surface area contributed by atoms with Crippen LogP contribution in [0.15, 0.2) is 24.3 Å². The van der Waals surface area contributed by atoms with Crippen molar-refractivity contribution < 1.29 is 14.5 Å². The lowest BCUT2D eigenvalue weighted by atomic mass is 10.00. The number of hydrogen-bond donors (Lipinski definition) is 0. The first-order valence-electron chi connectivity index (χ1n) is 8.96. The Balaban J connectivity index is 2.13. The van der Waals surface area contributed by atoms with Crippen LogP contribution in [-0.4, -0.2) is 34.9 Å². The van der Waals surface area contributed by atoms with Crippen LogP contribution >= 0.6 is 0 Å². The van der Waals surface area contributed by atoms with E-state index in [1.807, 2.05) is 11.8 Å². The van der Waals surface area contributed by atoms with Gasteiger partial charge in [0.25, 0.3) is 0 Å². The van der Waals surface area contributed by atoms with E-state index in [2.05, 4.69) is 6.92 Å². The standard InChI is InChI=1S/C19H26N2O4/c1-3-13-25-18-10-8-15(14-17(18)21(23)24)9-11-19(22)20-12-6-5-7-16(20)4-2/h8-11,14,16H,3-7,12-13H2,1-2H3/b11-9+. The van der Waals surface area contributed by atoms with Gasteiger partial charge >= 0.3 is 5.69 Å². The molecule has 1 heterocycles. The van der Waals surface area contributed by atoms with Gasteiger partial charge in [-0.05, 0) is 49.8 Å². The van der Waals surface area contributed by atoms with Crippen LogP contribution in [0, 0.1) is 10.1 Å². The minimum Gasteiger partial charge on any atom is -0.487 e. The molecule has 6 nitrogen and oxygen atoms in total. The monoisotopic (exact) mass is 346 g/mol. The number of hydrogen-bond acceptors (Lipinski definition) is 4. The summed E-state index contributed by atoms with van der Waals surface area (Å²) in [6, 6.07) is 5.07. The van der Waals surface area contributed by atoms with Crippen molar-refractivity contribution in [3.05, 3.63) is 40.0 Å². The molecule has 2 rings (SSSR count). The molecular weight excluding hydrogens is 320 g/mol. The van der Waals surface area contributed by atoms with Gasteiger partial charge in [0.1, 0.15) is 0 Å². The first-order chi connectivity index (χ1) is 12.1. The van der Waals surface area contributed by atoms with Gasteiger partial charge in [0, 0.05) is 24.7 Å². The van der Waals surface area contributed by atoms with Crippen LogP contribution in [-0.2, 0) is 4.79 Å². The normalized spacial score (nSPS) is 17.7. The molecule has 1 aromatic rings. The van der Waals surface area contributed by atoms with E-state index in [-0.39, 0.29) is 17.3 Å². The number of nitro groups is 1. The van der Waals surface area contributed by atoms with Gasteiger partial charge in [-0.25, -0.2) is 0 Å². The van der Waals surface area contributed by atoms with Crippen LogP contribution < -0.4 is 4.74 Å². The fourth-order valence-corrected chi connectivity index (χ4v) is 3.09. The van der Waals surface area contributed by atoms with Gasteiger partial charge in [-0.3, -0.25) is 14.9 Å². The Hall–Kier alpha value is -2.37. The summed E-state index contributed by atoms with van der Waals surface area (Å²) >= 11 is 0. The first-order valence-corrected chi connectivity index (χ1v) is 8.96. The van der Waals surface area contributed by atoms with Crippen molar-refractivity contribution in [3.8, 4) is 5.75 Å². The largest absolute Gasteiger partial charge is 0.487 e. The van der Waals surface area contributed by atoms with Crippen molar-refractivity contribution >= 4 is 17.7 Å². The number of amides is 1. The fraction of sp³-hybridized carbons (Fsp3) is 0.526. The SMILES string of the molecule is CCCOc1ccc(/C=C/C(=O)N2CCCCC2CC)cc1[N+](=O)[O-]. The third-order valence-corrected chi connectivity index (χ3v) is 4.44. The van der Waals surface area contributed by atoms with Crippen LogP contribution in [0.3, 0.4) is 0 Å². The Morgan fingerprint density at radius 3 is 2.88 bits per heavy atom. The highest BCUT2D eigenvalue weighted by Crippen LogP contribution is 2.28. The zero-order chi connectivity index (χ0) is 18.2. The Morgan fingerprint density at radius 2 is 2.20 bits per heavy atom. The lowest BCUT2D eigenvalue weighted by Crippen LogP contribution is -2.42. The minimum absolute atomic E-state index is 0.0273. The zero-order valence-corrected chi connectivity index (χ0v) is 14.9. The van der Waals surface area contributed by atoms with Crippen molar-refractivity contribution in [1.82, 2.24) is 4.90 Å². The van der Waals surface area contributed by atoms with Crippen molar-refractivity contribution in [3.63, 3.8) is 0 Å². The molecule has 0 radical (unpaired) electrons. The minimum atomic E-state index is -0.456. The van der Waals surface area contributed by atoms with E-state index in [4.69, 9.17) is 4.74 Å². The molecule has 0 aromatic heterocycles. The van der Waals surface area contributed by atoms with E-state index in [0.29, 0.717) is 18.2 Å². The second-order valence-electron chi connectivity index (χ2n) is 6.26. The lowest BCUT2D eigenvalue weighted by molar-refractivity contribution is -0.385. The maximum absolute atomic E-state index is 12.4. The molecule has 1 aliphatic rings. The number of rotatable bonds is 7. The van der Waals surface area contributed by atoms with E-state index in [9.17, 15) is 14.9 Å². The molecule has 1 atom stereocenters. The van der Waals surface area contributed by atoms with Gasteiger partial charge in [0.15, 0.2) is 5.75 Å². The fourth-order valence-electron chi connectivity index (χ4n) is 3.09.